The van der Waals surface area contributed by atoms with Gasteiger partial charge in [0.2, 0.25) is 0 Å². The first-order valence-electron chi connectivity index (χ1n) is 5.16. The number of nitrogens with zero attached hydrogens (tertiary/aromatic N) is 1. The van der Waals surface area contributed by atoms with Crippen molar-refractivity contribution < 1.29 is 14.6 Å². The third-order valence-corrected chi connectivity index (χ3v) is 2.23. The van der Waals surface area contributed by atoms with Crippen LogP contribution in [0.1, 0.15) is 19.4 Å². The molecule has 16 heavy (non-hydrogen) atoms. The smallest absolute Gasteiger partial charge is 0.146 e. The van der Waals surface area contributed by atoms with Crippen molar-refractivity contribution in [3.8, 4) is 0 Å². The summed E-state index contributed by atoms with van der Waals surface area (Å²) in [5.74, 6) is -0.390. The number of aliphatic hydroxyl groups excluding tert-OH is 1. The molecule has 0 aromatic heterocycles. The second kappa shape index (κ2) is 4.80. The molecule has 0 aliphatic rings. The lowest BCUT2D eigenvalue weighted by Gasteiger charge is -2.27. The Morgan fingerprint density at radius 3 is 2.44 bits per heavy atom. The summed E-state index contributed by atoms with van der Waals surface area (Å²) < 4.78 is 13.6. The first-order chi connectivity index (χ1) is 7.33. The quantitative estimate of drug-likeness (QED) is 0.819. The minimum Gasteiger partial charge on any atom is -0.392 e. The Hall–Kier alpha value is -1.13. The minimum absolute atomic E-state index is 0.174. The molecule has 0 unspecified atom stereocenters. The highest BCUT2D eigenvalue weighted by Crippen LogP contribution is 2.21. The zero-order valence-electron chi connectivity index (χ0n) is 9.87. The van der Waals surface area contributed by atoms with Crippen molar-refractivity contribution >= 4 is 5.69 Å². The fraction of sp³-hybridized carbons (Fsp3) is 0.500. The Labute approximate surface area is 95.1 Å². The fourth-order valence-electron chi connectivity index (χ4n) is 1.62. The summed E-state index contributed by atoms with van der Waals surface area (Å²) in [5.41, 5.74) is 0.0776. The number of hydrogen-bond donors (Lipinski definition) is 2. The van der Waals surface area contributed by atoms with E-state index in [9.17, 15) is 9.50 Å². The van der Waals surface area contributed by atoms with E-state index in [1.165, 1.54) is 6.07 Å². The molecule has 0 saturated carbocycles. The lowest BCUT2D eigenvalue weighted by molar-refractivity contribution is 0.0885. The minimum atomic E-state index is -0.878. The molecule has 0 heterocycles. The van der Waals surface area contributed by atoms with Crippen LogP contribution in [0.2, 0.25) is 0 Å². The molecule has 0 amide bonds. The molecule has 1 aromatic rings. The van der Waals surface area contributed by atoms with Crippen molar-refractivity contribution in [1.82, 2.24) is 0 Å². The third kappa shape index (κ3) is 3.47. The highest BCUT2D eigenvalue weighted by Gasteiger charge is 2.17. The van der Waals surface area contributed by atoms with Gasteiger partial charge < -0.3 is 15.1 Å². The van der Waals surface area contributed by atoms with E-state index in [0.717, 1.165) is 0 Å². The topological polar surface area (TPSA) is 43.7 Å². The van der Waals surface area contributed by atoms with Crippen LogP contribution in [0.25, 0.3) is 0 Å². The van der Waals surface area contributed by atoms with Crippen LogP contribution in [0.15, 0.2) is 18.2 Å². The standard InChI is InChI=1S/C12H18FNO2/c1-12(2,16)8-14(3)11-5-4-9(7-15)6-10(11)13/h4-6,15-16H,7-8H2,1-3H3. The van der Waals surface area contributed by atoms with E-state index in [0.29, 0.717) is 17.8 Å². The highest BCUT2D eigenvalue weighted by molar-refractivity contribution is 5.48. The van der Waals surface area contributed by atoms with Crippen molar-refractivity contribution in [2.45, 2.75) is 26.1 Å². The predicted molar refractivity (Wildman–Crippen MR) is 61.9 cm³/mol. The maximum atomic E-state index is 13.6. The molecule has 1 rings (SSSR count). The number of halogens is 1. The molecule has 0 fully saturated rings. The molecule has 0 radical (unpaired) electrons. The average molecular weight is 227 g/mol. The van der Waals surface area contributed by atoms with Gasteiger partial charge in [-0.1, -0.05) is 6.07 Å². The Kier molecular flexibility index (Phi) is 3.88. The molecule has 0 spiro atoms. The van der Waals surface area contributed by atoms with Gasteiger partial charge in [0, 0.05) is 13.6 Å². The first-order valence-corrected chi connectivity index (χ1v) is 5.16. The third-order valence-electron chi connectivity index (χ3n) is 2.23. The molecule has 1 aromatic carbocycles. The van der Waals surface area contributed by atoms with E-state index in [1.807, 2.05) is 0 Å². The molecule has 3 nitrogen and oxygen atoms in total. The summed E-state index contributed by atoms with van der Waals surface area (Å²) in [6.45, 7) is 3.50. The van der Waals surface area contributed by atoms with Gasteiger partial charge in [-0.3, -0.25) is 0 Å². The van der Waals surface area contributed by atoms with Crippen LogP contribution in [0.5, 0.6) is 0 Å². The monoisotopic (exact) mass is 227 g/mol. The number of benzene rings is 1. The first kappa shape index (κ1) is 12.9. The Morgan fingerprint density at radius 1 is 1.38 bits per heavy atom. The zero-order valence-corrected chi connectivity index (χ0v) is 9.87. The van der Waals surface area contributed by atoms with Crippen LogP contribution in [-0.2, 0) is 6.61 Å². The van der Waals surface area contributed by atoms with E-state index < -0.39 is 11.4 Å². The zero-order chi connectivity index (χ0) is 12.3. The van der Waals surface area contributed by atoms with Gasteiger partial charge in [-0.25, -0.2) is 4.39 Å². The molecule has 4 heteroatoms. The van der Waals surface area contributed by atoms with E-state index in [-0.39, 0.29) is 6.61 Å². The van der Waals surface area contributed by atoms with Gasteiger partial charge >= 0.3 is 0 Å². The molecule has 90 valence electrons. The van der Waals surface area contributed by atoms with Crippen LogP contribution < -0.4 is 4.90 Å². The van der Waals surface area contributed by atoms with Gasteiger partial charge in [-0.2, -0.15) is 0 Å². The number of likely N-dealkylation sites (N-methyl/N-ethyl adjacent to an activating group) is 1. The van der Waals surface area contributed by atoms with Crippen LogP contribution >= 0.6 is 0 Å². The maximum absolute atomic E-state index is 13.6. The largest absolute Gasteiger partial charge is 0.392 e. The molecular weight excluding hydrogens is 209 g/mol. The lowest BCUT2D eigenvalue weighted by Crippen LogP contribution is -2.36. The number of aliphatic hydroxyl groups is 2. The Balaban J connectivity index is 2.88. The second-order valence-corrected chi connectivity index (χ2v) is 4.61. The van der Waals surface area contributed by atoms with Gasteiger partial charge in [0.1, 0.15) is 5.82 Å². The van der Waals surface area contributed by atoms with Crippen LogP contribution in [0.3, 0.4) is 0 Å². The van der Waals surface area contributed by atoms with Gasteiger partial charge in [0.25, 0.3) is 0 Å². The summed E-state index contributed by atoms with van der Waals surface area (Å²) in [6, 6.07) is 4.57. The summed E-state index contributed by atoms with van der Waals surface area (Å²) in [6.07, 6.45) is 0. The van der Waals surface area contributed by atoms with Crippen LogP contribution in [-0.4, -0.2) is 29.4 Å². The van der Waals surface area contributed by atoms with Gasteiger partial charge in [0.15, 0.2) is 0 Å². The summed E-state index contributed by atoms with van der Waals surface area (Å²) in [4.78, 5) is 1.65. The van der Waals surface area contributed by atoms with Crippen molar-refractivity contribution in [2.24, 2.45) is 0 Å². The van der Waals surface area contributed by atoms with Crippen molar-refractivity contribution in [3.05, 3.63) is 29.6 Å². The summed E-state index contributed by atoms with van der Waals surface area (Å²) in [5, 5.41) is 18.5. The highest BCUT2D eigenvalue weighted by atomic mass is 19.1. The number of anilines is 1. The van der Waals surface area contributed by atoms with Crippen LogP contribution in [0.4, 0.5) is 10.1 Å². The van der Waals surface area contributed by atoms with Crippen LogP contribution in [0, 0.1) is 5.82 Å². The maximum Gasteiger partial charge on any atom is 0.146 e. The van der Waals surface area contributed by atoms with E-state index in [2.05, 4.69) is 0 Å². The molecule has 0 atom stereocenters. The molecule has 0 aliphatic heterocycles. The molecule has 0 saturated heterocycles. The molecule has 2 N–H and O–H groups in total. The SMILES string of the molecule is CN(CC(C)(C)O)c1ccc(CO)cc1F. The number of rotatable bonds is 4. The molecule has 0 bridgehead atoms. The predicted octanol–water partition coefficient (Wildman–Crippen LogP) is 1.53. The fourth-order valence-corrected chi connectivity index (χ4v) is 1.62. The van der Waals surface area contributed by atoms with Gasteiger partial charge in [-0.05, 0) is 31.5 Å². The lowest BCUT2D eigenvalue weighted by atomic mass is 10.1. The van der Waals surface area contributed by atoms with Crippen molar-refractivity contribution in [1.29, 1.82) is 0 Å². The second-order valence-electron chi connectivity index (χ2n) is 4.61. The van der Waals surface area contributed by atoms with E-state index in [1.54, 1.807) is 37.9 Å². The van der Waals surface area contributed by atoms with E-state index in [4.69, 9.17) is 5.11 Å². The molecular formula is C12H18FNO2. The van der Waals surface area contributed by atoms with Gasteiger partial charge in [0.05, 0.1) is 17.9 Å². The molecule has 0 aliphatic carbocycles. The van der Waals surface area contributed by atoms with Gasteiger partial charge in [-0.15, -0.1) is 0 Å². The Morgan fingerprint density at radius 2 is 2.00 bits per heavy atom. The Bertz CT molecular complexity index is 361. The normalized spacial score (nSPS) is 11.6. The van der Waals surface area contributed by atoms with Crippen molar-refractivity contribution in [2.75, 3.05) is 18.5 Å². The summed E-state index contributed by atoms with van der Waals surface area (Å²) >= 11 is 0. The average Bonchev–Trinajstić information content (AvgIpc) is 2.14. The number of hydrogen-bond acceptors (Lipinski definition) is 3. The summed E-state index contributed by atoms with van der Waals surface area (Å²) in [7, 11) is 1.72. The van der Waals surface area contributed by atoms with E-state index >= 15 is 0 Å². The van der Waals surface area contributed by atoms with Crippen molar-refractivity contribution in [3.63, 3.8) is 0 Å².